The Labute approximate surface area is 655 Å². The third-order valence-corrected chi connectivity index (χ3v) is 23.1. The van der Waals surface area contributed by atoms with Gasteiger partial charge in [-0.05, 0) is 172 Å². The average molecular weight is 1490 g/mol. The van der Waals surface area contributed by atoms with E-state index in [4.69, 9.17) is 0 Å². The lowest BCUT2D eigenvalue weighted by molar-refractivity contribution is -0.126. The second-order valence-electron chi connectivity index (χ2n) is 31.9. The van der Waals surface area contributed by atoms with Crippen molar-refractivity contribution >= 4 is 46.8 Å². The summed E-state index contributed by atoms with van der Waals surface area (Å²) in [6.45, 7) is 19.8. The van der Waals surface area contributed by atoms with Gasteiger partial charge >= 0.3 is 0 Å². The number of amides is 4. The van der Waals surface area contributed by atoms with Crippen LogP contribution in [0.5, 0.6) is 0 Å². The fraction of sp³-hybridized carbons (Fsp3) is 0.667. The number of carbonyl (C=O) groups is 8. The molecule has 12 heteroatoms. The molecular weight excluding hydrogens is 1340 g/mol. The van der Waals surface area contributed by atoms with E-state index in [0.717, 1.165) is 151 Å². The predicted octanol–water partition coefficient (Wildman–Crippen LogP) is 22.6. The number of ketones is 4. The molecule has 4 aliphatic carbocycles. The summed E-state index contributed by atoms with van der Waals surface area (Å²) in [5.74, 6) is 1.94. The van der Waals surface area contributed by atoms with E-state index in [9.17, 15) is 38.4 Å². The highest BCUT2D eigenvalue weighted by Crippen LogP contribution is 2.32. The minimum atomic E-state index is 0.0814. The number of Topliss-reactive ketones (excluding diaryl/α,β-unsaturated/α-hetero) is 4. The van der Waals surface area contributed by atoms with Crippen LogP contribution in [0.2, 0.25) is 0 Å². The van der Waals surface area contributed by atoms with Crippen molar-refractivity contribution < 1.29 is 38.4 Å². The van der Waals surface area contributed by atoms with Crippen molar-refractivity contribution in [1.82, 2.24) is 21.3 Å². The van der Waals surface area contributed by atoms with Gasteiger partial charge in [0.05, 0.1) is 0 Å². The first-order chi connectivity index (χ1) is 52.6. The SMILES string of the molecule is CCCCCCCCCCCCCNC(=O)C1CCc2cc(C(=O)CC)ccc2C1.CCCCCCCCCCCNC(=O)C1CCc2cc(C(=O)CC)ccc2C1.CCCCCCCCCNC(=O)C1CCc2cc(C(=O)CC)ccc2C1.CCCCCCCNC(=O)C1CCc2cc(C(=O)CC)ccc2C1. The second-order valence-corrected chi connectivity index (χ2v) is 31.9. The highest BCUT2D eigenvalue weighted by molar-refractivity contribution is 5.98. The average Bonchev–Trinajstić information content (AvgIpc) is 0.837. The van der Waals surface area contributed by atoms with Crippen molar-refractivity contribution in [2.75, 3.05) is 26.2 Å². The van der Waals surface area contributed by atoms with Crippen LogP contribution in [0.15, 0.2) is 72.8 Å². The Morgan fingerprint density at radius 2 is 0.417 bits per heavy atom. The molecule has 0 saturated carbocycles. The summed E-state index contributed by atoms with van der Waals surface area (Å²) < 4.78 is 0. The minimum absolute atomic E-state index is 0.0814. The summed E-state index contributed by atoms with van der Waals surface area (Å²) in [6, 6.07) is 24.0. The minimum Gasteiger partial charge on any atom is -0.356 e. The van der Waals surface area contributed by atoms with Gasteiger partial charge in [0.1, 0.15) is 0 Å². The van der Waals surface area contributed by atoms with Crippen molar-refractivity contribution in [1.29, 1.82) is 0 Å². The number of hydrogen-bond acceptors (Lipinski definition) is 8. The molecule has 0 heterocycles. The first kappa shape index (κ1) is 92.0. The van der Waals surface area contributed by atoms with Crippen LogP contribution < -0.4 is 21.3 Å². The quantitative estimate of drug-likeness (QED) is 0.0249. The zero-order valence-electron chi connectivity index (χ0n) is 69.3. The van der Waals surface area contributed by atoms with Gasteiger partial charge < -0.3 is 21.3 Å². The van der Waals surface area contributed by atoms with Crippen LogP contribution in [0.4, 0.5) is 0 Å². The zero-order valence-corrected chi connectivity index (χ0v) is 69.3. The molecule has 4 aromatic carbocycles. The van der Waals surface area contributed by atoms with Gasteiger partial charge in [0.25, 0.3) is 0 Å². The lowest BCUT2D eigenvalue weighted by Gasteiger charge is -2.24. The maximum Gasteiger partial charge on any atom is 0.223 e. The third kappa shape index (κ3) is 35.2. The predicted molar refractivity (Wildman–Crippen MR) is 449 cm³/mol. The van der Waals surface area contributed by atoms with Crippen LogP contribution in [0.25, 0.3) is 0 Å². The number of hydrogen-bond donors (Lipinski definition) is 4. The number of unbranched alkanes of at least 4 members (excludes halogenated alkanes) is 28. The third-order valence-electron chi connectivity index (χ3n) is 23.1. The summed E-state index contributed by atoms with van der Waals surface area (Å²) in [6.07, 6.45) is 53.9. The molecular formula is C96H148N4O8. The molecule has 0 bridgehead atoms. The van der Waals surface area contributed by atoms with Crippen molar-refractivity contribution in [3.05, 3.63) is 140 Å². The van der Waals surface area contributed by atoms with Crippen LogP contribution in [0, 0.1) is 23.7 Å². The molecule has 4 atom stereocenters. The Kier molecular flexibility index (Phi) is 47.5. The Hall–Kier alpha value is -6.56. The van der Waals surface area contributed by atoms with Gasteiger partial charge in [0, 0.05) is 97.8 Å². The molecule has 8 rings (SSSR count). The first-order valence-corrected chi connectivity index (χ1v) is 44.3. The van der Waals surface area contributed by atoms with Crippen LogP contribution >= 0.6 is 0 Å². The van der Waals surface area contributed by atoms with Gasteiger partial charge in [-0.1, -0.05) is 284 Å². The zero-order chi connectivity index (χ0) is 77.9. The largest absolute Gasteiger partial charge is 0.356 e. The molecule has 0 aliphatic heterocycles. The fourth-order valence-corrected chi connectivity index (χ4v) is 15.9. The molecule has 4 amide bonds. The van der Waals surface area contributed by atoms with Gasteiger partial charge in [-0.25, -0.2) is 0 Å². The number of benzene rings is 4. The lowest BCUT2D eigenvalue weighted by atomic mass is 9.82. The van der Waals surface area contributed by atoms with E-state index in [1.54, 1.807) is 0 Å². The van der Waals surface area contributed by atoms with E-state index in [0.29, 0.717) is 25.7 Å². The molecule has 4 unspecified atom stereocenters. The van der Waals surface area contributed by atoms with E-state index in [2.05, 4.69) is 61.1 Å². The lowest BCUT2D eigenvalue weighted by Crippen LogP contribution is -2.34. The molecule has 12 nitrogen and oxygen atoms in total. The highest BCUT2D eigenvalue weighted by Gasteiger charge is 2.29. The Morgan fingerprint density at radius 1 is 0.241 bits per heavy atom. The highest BCUT2D eigenvalue weighted by atomic mass is 16.2. The number of fused-ring (bicyclic) bond motifs is 4. The van der Waals surface area contributed by atoms with Crippen molar-refractivity contribution in [2.24, 2.45) is 23.7 Å². The maximum absolute atomic E-state index is 12.5. The molecule has 600 valence electrons. The van der Waals surface area contributed by atoms with Gasteiger partial charge in [-0.3, -0.25) is 38.4 Å². The van der Waals surface area contributed by atoms with Crippen LogP contribution in [-0.4, -0.2) is 72.9 Å². The molecule has 4 N–H and O–H groups in total. The first-order valence-electron chi connectivity index (χ1n) is 44.3. The molecule has 0 fully saturated rings. The normalized spacial score (nSPS) is 16.0. The van der Waals surface area contributed by atoms with Gasteiger partial charge in [0.15, 0.2) is 23.1 Å². The molecule has 0 radical (unpaired) electrons. The van der Waals surface area contributed by atoms with Crippen LogP contribution in [0.1, 0.15) is 398 Å². The molecule has 0 saturated heterocycles. The topological polar surface area (TPSA) is 185 Å². The smallest absolute Gasteiger partial charge is 0.223 e. The van der Waals surface area contributed by atoms with Crippen molar-refractivity contribution in [3.8, 4) is 0 Å². The second kappa shape index (κ2) is 55.8. The van der Waals surface area contributed by atoms with E-state index in [-0.39, 0.29) is 70.4 Å². The van der Waals surface area contributed by atoms with E-state index in [1.807, 2.05) is 88.4 Å². The number of nitrogens with one attached hydrogen (secondary N) is 4. The standard InChI is InChI=1S/C27H43NO2.C25H39NO2.C23H35NO2.C21H31NO2/c1-3-5-6-7-8-9-10-11-12-13-14-19-28-27(30)25-18-16-22-20-24(26(29)4-2)17-15-23(22)21-25;1-3-5-6-7-8-9-10-11-12-17-26-25(28)23-16-14-20-18-22(24(27)4-2)15-13-21(20)19-23;1-3-5-6-7-8-9-10-15-24-23(26)21-14-12-18-16-20(22(25)4-2)13-11-19(18)17-21;1-3-5-6-7-8-13-22-21(24)19-12-10-16-14-18(20(23)4-2)11-9-17(16)15-19/h15,17,20,25H,3-14,16,18-19,21H2,1-2H3,(H,28,30);13,15,18,23H,3-12,14,16-17,19H2,1-2H3,(H,26,28);11,13,16,21H,3-10,12,14-15,17H2,1-2H3,(H,24,26);9,11,14,19H,3-8,10,12-13,15H2,1-2H3,(H,22,24). The summed E-state index contributed by atoms with van der Waals surface area (Å²) >= 11 is 0. The molecule has 0 spiro atoms. The van der Waals surface area contributed by atoms with Crippen LogP contribution in [0.3, 0.4) is 0 Å². The Balaban J connectivity index is 0.000000259. The van der Waals surface area contributed by atoms with E-state index in [1.165, 1.54) is 224 Å². The monoisotopic (exact) mass is 1490 g/mol. The van der Waals surface area contributed by atoms with Crippen molar-refractivity contribution in [2.45, 2.75) is 364 Å². The van der Waals surface area contributed by atoms with Gasteiger partial charge in [-0.2, -0.15) is 0 Å². The molecule has 4 aromatic rings. The molecule has 4 aliphatic rings. The fourth-order valence-electron chi connectivity index (χ4n) is 15.9. The number of carbonyl (C=O) groups excluding carboxylic acids is 8. The Morgan fingerprint density at radius 3 is 0.593 bits per heavy atom. The summed E-state index contributed by atoms with van der Waals surface area (Å²) in [7, 11) is 0. The van der Waals surface area contributed by atoms with E-state index < -0.39 is 0 Å². The number of aryl methyl sites for hydroxylation is 4. The van der Waals surface area contributed by atoms with E-state index >= 15 is 0 Å². The summed E-state index contributed by atoms with van der Waals surface area (Å²) in [5.41, 5.74) is 13.2. The Bertz CT molecular complexity index is 3290. The van der Waals surface area contributed by atoms with Crippen LogP contribution in [-0.2, 0) is 70.5 Å². The summed E-state index contributed by atoms with van der Waals surface area (Å²) in [5, 5.41) is 12.5. The maximum atomic E-state index is 12.5. The number of rotatable bonds is 48. The van der Waals surface area contributed by atoms with Gasteiger partial charge in [0.2, 0.25) is 23.6 Å². The van der Waals surface area contributed by atoms with Gasteiger partial charge in [-0.15, -0.1) is 0 Å². The molecule has 108 heavy (non-hydrogen) atoms. The van der Waals surface area contributed by atoms with Crippen molar-refractivity contribution in [3.63, 3.8) is 0 Å². The molecule has 0 aromatic heterocycles. The summed E-state index contributed by atoms with van der Waals surface area (Å²) in [4.78, 5) is 97.3.